The number of hydrogen-bond donors (Lipinski definition) is 1. The molecule has 3 aromatic rings. The fourth-order valence-electron chi connectivity index (χ4n) is 3.90. The highest BCUT2D eigenvalue weighted by molar-refractivity contribution is 7.92. The fraction of sp³-hybridized carbons (Fsp3) is 0.286. The van der Waals surface area contributed by atoms with Gasteiger partial charge in [0.05, 0.1) is 10.6 Å². The number of carbonyl (C=O) groups excluding carboxylic acids is 2. The van der Waals surface area contributed by atoms with Crippen LogP contribution in [0.2, 0.25) is 5.02 Å². The number of nitrogens with zero attached hydrogens (tertiary/aromatic N) is 2. The molecule has 3 aromatic carbocycles. The molecule has 0 fully saturated rings. The minimum atomic E-state index is -4.22. The van der Waals surface area contributed by atoms with E-state index in [1.165, 1.54) is 42.2 Å². The van der Waals surface area contributed by atoms with Gasteiger partial charge in [-0.25, -0.2) is 12.8 Å². The topological polar surface area (TPSA) is 86.8 Å². The third-order valence-electron chi connectivity index (χ3n) is 6.01. The lowest BCUT2D eigenvalue weighted by Gasteiger charge is -2.33. The van der Waals surface area contributed by atoms with Crippen molar-refractivity contribution in [2.45, 2.75) is 51.2 Å². The molecule has 0 saturated carbocycles. The van der Waals surface area contributed by atoms with E-state index in [9.17, 15) is 22.4 Å². The fourth-order valence-corrected chi connectivity index (χ4v) is 5.56. The normalized spacial score (nSPS) is 12.2. The molecule has 0 aromatic heterocycles. The second kappa shape index (κ2) is 12.4. The lowest BCUT2D eigenvalue weighted by molar-refractivity contribution is -0.139. The lowest BCUT2D eigenvalue weighted by atomic mass is 10.1. The minimum Gasteiger partial charge on any atom is -0.352 e. The molecule has 202 valence electrons. The molecule has 0 aliphatic carbocycles. The minimum absolute atomic E-state index is 0.0153. The van der Waals surface area contributed by atoms with E-state index >= 15 is 0 Å². The monoisotopic (exact) mass is 559 g/mol. The predicted octanol–water partition coefficient (Wildman–Crippen LogP) is 4.92. The van der Waals surface area contributed by atoms with Gasteiger partial charge in [-0.3, -0.25) is 13.9 Å². The third kappa shape index (κ3) is 6.71. The summed E-state index contributed by atoms with van der Waals surface area (Å²) < 4.78 is 43.1. The number of halogens is 2. The van der Waals surface area contributed by atoms with Gasteiger partial charge in [0.1, 0.15) is 18.4 Å². The number of hydrogen-bond acceptors (Lipinski definition) is 4. The molecule has 0 aliphatic rings. The Morgan fingerprint density at radius 2 is 1.58 bits per heavy atom. The van der Waals surface area contributed by atoms with Crippen molar-refractivity contribution in [3.05, 3.63) is 94.8 Å². The average molecular weight is 560 g/mol. The summed E-state index contributed by atoms with van der Waals surface area (Å²) in [7, 11) is -4.22. The number of benzene rings is 3. The van der Waals surface area contributed by atoms with Gasteiger partial charge in [-0.2, -0.15) is 0 Å². The van der Waals surface area contributed by atoms with Gasteiger partial charge in [0.15, 0.2) is 0 Å². The van der Waals surface area contributed by atoms with Gasteiger partial charge in [0.2, 0.25) is 11.8 Å². The summed E-state index contributed by atoms with van der Waals surface area (Å²) in [5, 5.41) is 3.09. The van der Waals surface area contributed by atoms with E-state index in [1.807, 2.05) is 0 Å². The van der Waals surface area contributed by atoms with Crippen LogP contribution in [-0.4, -0.2) is 43.8 Å². The Kier molecular flexibility index (Phi) is 9.51. The Morgan fingerprint density at radius 1 is 0.947 bits per heavy atom. The van der Waals surface area contributed by atoms with Crippen molar-refractivity contribution >= 4 is 39.1 Å². The Bertz CT molecular complexity index is 1400. The van der Waals surface area contributed by atoms with Crippen LogP contribution in [0.25, 0.3) is 0 Å². The zero-order valence-electron chi connectivity index (χ0n) is 21.7. The molecule has 0 radical (unpaired) electrons. The van der Waals surface area contributed by atoms with Crippen molar-refractivity contribution in [2.24, 2.45) is 0 Å². The molecule has 10 heteroatoms. The first-order chi connectivity index (χ1) is 17.9. The molecule has 0 spiro atoms. The first-order valence-electron chi connectivity index (χ1n) is 12.1. The van der Waals surface area contributed by atoms with Crippen LogP contribution in [0.4, 0.5) is 10.1 Å². The summed E-state index contributed by atoms with van der Waals surface area (Å²) in [6.45, 7) is 5.88. The van der Waals surface area contributed by atoms with E-state index in [-0.39, 0.29) is 28.7 Å². The number of amides is 2. The van der Waals surface area contributed by atoms with Crippen LogP contribution in [0.5, 0.6) is 0 Å². The van der Waals surface area contributed by atoms with Crippen LogP contribution < -0.4 is 9.62 Å². The molecule has 2 amide bonds. The molecule has 0 bridgehead atoms. The van der Waals surface area contributed by atoms with Gasteiger partial charge in [-0.1, -0.05) is 54.1 Å². The molecule has 1 atom stereocenters. The van der Waals surface area contributed by atoms with Gasteiger partial charge in [0, 0.05) is 23.2 Å². The summed E-state index contributed by atoms with van der Waals surface area (Å²) in [6.07, 6.45) is 0. The van der Waals surface area contributed by atoms with Crippen molar-refractivity contribution in [3.8, 4) is 0 Å². The Hall–Kier alpha value is -3.43. The predicted molar refractivity (Wildman–Crippen MR) is 147 cm³/mol. The van der Waals surface area contributed by atoms with Crippen LogP contribution in [0.3, 0.4) is 0 Å². The standard InChI is InChI=1S/C28H31ClFN3O4S/c1-19(2)31-28(35)21(4)32(17-22-11-8-9-15-25(22)30)27(34)18-33(26-16-10-14-24(29)20(26)3)38(36,37)23-12-6-5-7-13-23/h5-16,19,21H,17-18H2,1-4H3,(H,31,35)/t21-/m0/s1. The van der Waals surface area contributed by atoms with Crippen molar-refractivity contribution in [1.82, 2.24) is 10.2 Å². The van der Waals surface area contributed by atoms with E-state index < -0.39 is 40.2 Å². The second-order valence-corrected chi connectivity index (χ2v) is 11.4. The van der Waals surface area contributed by atoms with E-state index in [4.69, 9.17) is 11.6 Å². The number of sulfonamides is 1. The van der Waals surface area contributed by atoms with E-state index in [0.717, 1.165) is 4.31 Å². The second-order valence-electron chi connectivity index (χ2n) is 9.16. The first-order valence-corrected chi connectivity index (χ1v) is 13.9. The quantitative estimate of drug-likeness (QED) is 0.382. The number of anilines is 1. The molecule has 7 nitrogen and oxygen atoms in total. The highest BCUT2D eigenvalue weighted by atomic mass is 35.5. The largest absolute Gasteiger partial charge is 0.352 e. The summed E-state index contributed by atoms with van der Waals surface area (Å²) in [6, 6.07) is 17.2. The molecular weight excluding hydrogens is 529 g/mol. The van der Waals surface area contributed by atoms with Gasteiger partial charge in [-0.05, 0) is 63.6 Å². The zero-order chi connectivity index (χ0) is 28.0. The van der Waals surface area contributed by atoms with E-state index in [2.05, 4.69) is 5.32 Å². The molecule has 0 unspecified atom stereocenters. The van der Waals surface area contributed by atoms with Gasteiger partial charge >= 0.3 is 0 Å². The molecule has 1 N–H and O–H groups in total. The van der Waals surface area contributed by atoms with Crippen molar-refractivity contribution in [1.29, 1.82) is 0 Å². The highest BCUT2D eigenvalue weighted by Crippen LogP contribution is 2.31. The average Bonchev–Trinajstić information content (AvgIpc) is 2.88. The number of nitrogens with one attached hydrogen (secondary N) is 1. The number of rotatable bonds is 10. The van der Waals surface area contributed by atoms with E-state index in [1.54, 1.807) is 63.2 Å². The Balaban J connectivity index is 2.08. The Labute approximate surface area is 228 Å². The summed E-state index contributed by atoms with van der Waals surface area (Å²) >= 11 is 6.31. The van der Waals surface area contributed by atoms with Crippen LogP contribution in [0.1, 0.15) is 31.9 Å². The van der Waals surface area contributed by atoms with Crippen LogP contribution in [0.15, 0.2) is 77.7 Å². The highest BCUT2D eigenvalue weighted by Gasteiger charge is 2.33. The SMILES string of the molecule is Cc1c(Cl)cccc1N(CC(=O)N(Cc1ccccc1F)[C@@H](C)C(=O)NC(C)C)S(=O)(=O)c1ccccc1. The molecule has 0 aliphatic heterocycles. The number of carbonyl (C=O) groups is 2. The summed E-state index contributed by atoms with van der Waals surface area (Å²) in [5.74, 6) is -1.67. The maximum atomic E-state index is 14.6. The molecule has 3 rings (SSSR count). The zero-order valence-corrected chi connectivity index (χ0v) is 23.3. The first kappa shape index (κ1) is 29.1. The van der Waals surface area contributed by atoms with Gasteiger partial charge < -0.3 is 10.2 Å². The molecular formula is C28H31ClFN3O4S. The molecule has 0 heterocycles. The lowest BCUT2D eigenvalue weighted by Crippen LogP contribution is -2.52. The van der Waals surface area contributed by atoms with Crippen LogP contribution in [-0.2, 0) is 26.2 Å². The van der Waals surface area contributed by atoms with Gasteiger partial charge in [-0.15, -0.1) is 0 Å². The van der Waals surface area contributed by atoms with Crippen LogP contribution in [0, 0.1) is 12.7 Å². The molecule has 38 heavy (non-hydrogen) atoms. The van der Waals surface area contributed by atoms with Crippen molar-refractivity contribution in [3.63, 3.8) is 0 Å². The van der Waals surface area contributed by atoms with Crippen molar-refractivity contribution in [2.75, 3.05) is 10.8 Å². The molecule has 0 saturated heterocycles. The maximum Gasteiger partial charge on any atom is 0.264 e. The third-order valence-corrected chi connectivity index (χ3v) is 8.20. The maximum absolute atomic E-state index is 14.6. The smallest absolute Gasteiger partial charge is 0.264 e. The Morgan fingerprint density at radius 3 is 2.21 bits per heavy atom. The van der Waals surface area contributed by atoms with Crippen LogP contribution >= 0.6 is 11.6 Å². The van der Waals surface area contributed by atoms with E-state index in [0.29, 0.717) is 10.6 Å². The summed E-state index contributed by atoms with van der Waals surface area (Å²) in [5.41, 5.74) is 0.883. The summed E-state index contributed by atoms with van der Waals surface area (Å²) in [4.78, 5) is 27.9. The van der Waals surface area contributed by atoms with Crippen molar-refractivity contribution < 1.29 is 22.4 Å². The van der Waals surface area contributed by atoms with Gasteiger partial charge in [0.25, 0.3) is 10.0 Å².